The predicted molar refractivity (Wildman–Crippen MR) is 48.5 cm³/mol. The molecule has 10 heavy (non-hydrogen) atoms. The zero-order valence-electron chi connectivity index (χ0n) is 6.97. The van der Waals surface area contributed by atoms with Gasteiger partial charge in [0.2, 0.25) is 0 Å². The van der Waals surface area contributed by atoms with Crippen molar-refractivity contribution < 1.29 is 5.11 Å². The van der Waals surface area contributed by atoms with Gasteiger partial charge in [-0.25, -0.2) is 0 Å². The first-order valence-corrected chi connectivity index (χ1v) is 5.37. The minimum absolute atomic E-state index is 0.0538. The van der Waals surface area contributed by atoms with E-state index >= 15 is 0 Å². The maximum absolute atomic E-state index is 9.15. The minimum Gasteiger partial charge on any atom is -0.393 e. The highest BCUT2D eigenvalue weighted by Gasteiger charge is 1.98. The van der Waals surface area contributed by atoms with Crippen LogP contribution in [0.3, 0.4) is 0 Å². The lowest BCUT2D eigenvalue weighted by molar-refractivity contribution is 0.157. The highest BCUT2D eigenvalue weighted by molar-refractivity contribution is 7.98. The summed E-state index contributed by atoms with van der Waals surface area (Å²) in [5.74, 6) is 1.23. The van der Waals surface area contributed by atoms with Crippen LogP contribution in [0.5, 0.6) is 0 Å². The molecular weight excluding hydrogens is 144 g/mol. The van der Waals surface area contributed by atoms with E-state index in [0.717, 1.165) is 12.8 Å². The molecule has 0 radical (unpaired) electrons. The van der Waals surface area contributed by atoms with E-state index in [4.69, 9.17) is 5.11 Å². The summed E-state index contributed by atoms with van der Waals surface area (Å²) >= 11 is 1.88. The lowest BCUT2D eigenvalue weighted by atomic mass is 10.1. The Labute approximate surface area is 68.2 Å². The van der Waals surface area contributed by atoms with Crippen molar-refractivity contribution >= 4 is 11.8 Å². The summed E-state index contributed by atoms with van der Waals surface area (Å²) in [6.07, 6.45) is 6.38. The zero-order valence-corrected chi connectivity index (χ0v) is 7.78. The van der Waals surface area contributed by atoms with E-state index in [9.17, 15) is 0 Å². The lowest BCUT2D eigenvalue weighted by Gasteiger charge is -2.05. The molecular formula is C8H18OS. The monoisotopic (exact) mass is 162 g/mol. The van der Waals surface area contributed by atoms with Crippen molar-refractivity contribution in [1.29, 1.82) is 0 Å². The van der Waals surface area contributed by atoms with Gasteiger partial charge in [-0.05, 0) is 31.3 Å². The third-order valence-electron chi connectivity index (χ3n) is 1.61. The third kappa shape index (κ3) is 6.43. The van der Waals surface area contributed by atoms with Gasteiger partial charge in [0.1, 0.15) is 0 Å². The number of rotatable bonds is 6. The van der Waals surface area contributed by atoms with Crippen molar-refractivity contribution in [2.75, 3.05) is 12.0 Å². The van der Waals surface area contributed by atoms with Crippen LogP contribution in [0, 0.1) is 0 Å². The van der Waals surface area contributed by atoms with Gasteiger partial charge in [-0.1, -0.05) is 13.3 Å². The topological polar surface area (TPSA) is 20.2 Å². The quantitative estimate of drug-likeness (QED) is 0.605. The van der Waals surface area contributed by atoms with Crippen molar-refractivity contribution in [1.82, 2.24) is 0 Å². The molecule has 0 aromatic carbocycles. The third-order valence-corrected chi connectivity index (χ3v) is 2.30. The molecule has 1 unspecified atom stereocenters. The predicted octanol–water partition coefficient (Wildman–Crippen LogP) is 2.29. The Morgan fingerprint density at radius 3 is 2.60 bits per heavy atom. The fraction of sp³-hybridized carbons (Fsp3) is 1.00. The SMILES string of the molecule is CCC(O)CCCCSC. The van der Waals surface area contributed by atoms with Gasteiger partial charge in [-0.2, -0.15) is 11.8 Å². The first kappa shape index (κ1) is 10.3. The second-order valence-electron chi connectivity index (χ2n) is 2.55. The van der Waals surface area contributed by atoms with E-state index < -0.39 is 0 Å². The van der Waals surface area contributed by atoms with Crippen molar-refractivity contribution in [3.8, 4) is 0 Å². The molecule has 0 saturated heterocycles. The number of aliphatic hydroxyl groups excluding tert-OH is 1. The molecule has 0 aliphatic carbocycles. The zero-order chi connectivity index (χ0) is 7.82. The molecule has 0 aromatic heterocycles. The Hall–Kier alpha value is 0.310. The molecule has 0 aliphatic rings. The minimum atomic E-state index is -0.0538. The largest absolute Gasteiger partial charge is 0.393 e. The molecule has 1 atom stereocenters. The Balaban J connectivity index is 2.89. The van der Waals surface area contributed by atoms with Crippen LogP contribution in [0.25, 0.3) is 0 Å². The average molecular weight is 162 g/mol. The van der Waals surface area contributed by atoms with Gasteiger partial charge < -0.3 is 5.11 Å². The summed E-state index contributed by atoms with van der Waals surface area (Å²) in [4.78, 5) is 0. The first-order valence-electron chi connectivity index (χ1n) is 3.98. The molecule has 0 aromatic rings. The first-order chi connectivity index (χ1) is 4.81. The summed E-state index contributed by atoms with van der Waals surface area (Å²) in [6.45, 7) is 2.03. The second kappa shape index (κ2) is 7.42. The Kier molecular flexibility index (Phi) is 7.65. The molecule has 62 valence electrons. The molecule has 1 nitrogen and oxygen atoms in total. The van der Waals surface area contributed by atoms with Crippen LogP contribution in [-0.2, 0) is 0 Å². The summed E-state index contributed by atoms with van der Waals surface area (Å²) in [5.41, 5.74) is 0. The molecule has 0 saturated carbocycles. The van der Waals surface area contributed by atoms with Gasteiger partial charge in [0.15, 0.2) is 0 Å². The standard InChI is InChI=1S/C8H18OS/c1-3-8(9)6-4-5-7-10-2/h8-9H,3-7H2,1-2H3. The molecule has 0 amide bonds. The number of unbranched alkanes of at least 4 members (excludes halogenated alkanes) is 1. The summed E-state index contributed by atoms with van der Waals surface area (Å²) in [7, 11) is 0. The van der Waals surface area contributed by atoms with Gasteiger partial charge in [0.05, 0.1) is 6.10 Å². The Morgan fingerprint density at radius 2 is 2.10 bits per heavy atom. The fourth-order valence-electron chi connectivity index (χ4n) is 0.830. The maximum Gasteiger partial charge on any atom is 0.0537 e. The van der Waals surface area contributed by atoms with E-state index in [1.165, 1.54) is 18.6 Å². The van der Waals surface area contributed by atoms with Crippen LogP contribution in [0.2, 0.25) is 0 Å². The molecule has 0 heterocycles. The van der Waals surface area contributed by atoms with E-state index in [1.807, 2.05) is 18.7 Å². The Morgan fingerprint density at radius 1 is 1.40 bits per heavy atom. The van der Waals surface area contributed by atoms with Crippen LogP contribution in [0.15, 0.2) is 0 Å². The van der Waals surface area contributed by atoms with Crippen molar-refractivity contribution in [3.63, 3.8) is 0 Å². The maximum atomic E-state index is 9.15. The second-order valence-corrected chi connectivity index (χ2v) is 3.54. The van der Waals surface area contributed by atoms with Crippen LogP contribution >= 0.6 is 11.8 Å². The fourth-order valence-corrected chi connectivity index (χ4v) is 1.32. The van der Waals surface area contributed by atoms with E-state index in [-0.39, 0.29) is 6.10 Å². The van der Waals surface area contributed by atoms with Crippen LogP contribution in [-0.4, -0.2) is 23.2 Å². The molecule has 1 N–H and O–H groups in total. The summed E-state index contributed by atoms with van der Waals surface area (Å²) in [5, 5.41) is 9.15. The van der Waals surface area contributed by atoms with Crippen molar-refractivity contribution in [3.05, 3.63) is 0 Å². The Bertz CT molecular complexity index is 66.3. The van der Waals surface area contributed by atoms with Crippen LogP contribution in [0.4, 0.5) is 0 Å². The van der Waals surface area contributed by atoms with Crippen LogP contribution in [0.1, 0.15) is 32.6 Å². The van der Waals surface area contributed by atoms with E-state index in [2.05, 4.69) is 6.26 Å². The summed E-state index contributed by atoms with van der Waals surface area (Å²) in [6, 6.07) is 0. The van der Waals surface area contributed by atoms with Gasteiger partial charge in [-0.15, -0.1) is 0 Å². The smallest absolute Gasteiger partial charge is 0.0537 e. The number of hydrogen-bond donors (Lipinski definition) is 1. The molecule has 0 spiro atoms. The molecule has 2 heteroatoms. The molecule has 0 aliphatic heterocycles. The van der Waals surface area contributed by atoms with Gasteiger partial charge in [0.25, 0.3) is 0 Å². The van der Waals surface area contributed by atoms with Crippen molar-refractivity contribution in [2.45, 2.75) is 38.7 Å². The summed E-state index contributed by atoms with van der Waals surface area (Å²) < 4.78 is 0. The number of aliphatic hydroxyl groups is 1. The molecule has 0 bridgehead atoms. The number of hydrogen-bond acceptors (Lipinski definition) is 2. The lowest BCUT2D eigenvalue weighted by Crippen LogP contribution is -2.03. The van der Waals surface area contributed by atoms with E-state index in [0.29, 0.717) is 0 Å². The van der Waals surface area contributed by atoms with Gasteiger partial charge in [0, 0.05) is 0 Å². The molecule has 0 rings (SSSR count). The normalized spacial score (nSPS) is 13.5. The van der Waals surface area contributed by atoms with Crippen molar-refractivity contribution in [2.24, 2.45) is 0 Å². The van der Waals surface area contributed by atoms with Gasteiger partial charge in [-0.3, -0.25) is 0 Å². The molecule has 0 fully saturated rings. The highest BCUT2D eigenvalue weighted by atomic mass is 32.2. The van der Waals surface area contributed by atoms with Gasteiger partial charge >= 0.3 is 0 Å². The van der Waals surface area contributed by atoms with Crippen LogP contribution < -0.4 is 0 Å². The van der Waals surface area contributed by atoms with E-state index in [1.54, 1.807) is 0 Å². The number of thioether (sulfide) groups is 1. The average Bonchev–Trinajstić information content (AvgIpc) is 1.98. The highest BCUT2D eigenvalue weighted by Crippen LogP contribution is 2.06.